The Labute approximate surface area is 170 Å². The molecule has 5 nitrogen and oxygen atoms in total. The van der Waals surface area contributed by atoms with E-state index in [0.29, 0.717) is 12.5 Å². The molecule has 2 aromatic carbocycles. The van der Waals surface area contributed by atoms with Gasteiger partial charge < -0.3 is 20.3 Å². The van der Waals surface area contributed by atoms with Gasteiger partial charge >= 0.3 is 0 Å². The zero-order valence-corrected chi connectivity index (χ0v) is 16.9. The van der Waals surface area contributed by atoms with Crippen LogP contribution in [0.1, 0.15) is 18.9 Å². The zero-order chi connectivity index (χ0) is 20.6. The Morgan fingerprint density at radius 2 is 2.00 bits per heavy atom. The van der Waals surface area contributed by atoms with E-state index in [1.165, 1.54) is 12.1 Å². The summed E-state index contributed by atoms with van der Waals surface area (Å²) in [6.07, 6.45) is 0.984. The van der Waals surface area contributed by atoms with Crippen LogP contribution in [-0.4, -0.2) is 39.2 Å². The summed E-state index contributed by atoms with van der Waals surface area (Å²) in [5.41, 5.74) is 1.75. The van der Waals surface area contributed by atoms with Crippen LogP contribution in [0.2, 0.25) is 0 Å². The van der Waals surface area contributed by atoms with Crippen molar-refractivity contribution >= 4 is 11.6 Å². The summed E-state index contributed by atoms with van der Waals surface area (Å²) in [4.78, 5) is 6.75. The van der Waals surface area contributed by atoms with Crippen LogP contribution in [0.15, 0.2) is 47.5 Å². The average molecular weight is 402 g/mol. The van der Waals surface area contributed by atoms with Crippen molar-refractivity contribution in [3.05, 3.63) is 59.7 Å². The summed E-state index contributed by atoms with van der Waals surface area (Å²) in [7, 11) is 1.66. The molecule has 1 aliphatic heterocycles. The van der Waals surface area contributed by atoms with Gasteiger partial charge in [0.05, 0.1) is 13.7 Å². The van der Waals surface area contributed by atoms with Crippen molar-refractivity contribution in [2.24, 2.45) is 10.9 Å². The SMILES string of the molecule is CCNC(=NCc1ccccc1OC)NCC1CCN(c2ccc(F)c(F)c2)C1. The van der Waals surface area contributed by atoms with E-state index in [2.05, 4.69) is 20.5 Å². The first kappa shape index (κ1) is 20.9. The van der Waals surface area contributed by atoms with Crippen molar-refractivity contribution in [1.82, 2.24) is 10.6 Å². The molecule has 1 fully saturated rings. The predicted molar refractivity (Wildman–Crippen MR) is 112 cm³/mol. The molecule has 1 aliphatic rings. The van der Waals surface area contributed by atoms with Crippen LogP contribution in [0.25, 0.3) is 0 Å². The van der Waals surface area contributed by atoms with Crippen molar-refractivity contribution in [1.29, 1.82) is 0 Å². The second-order valence-corrected chi connectivity index (χ2v) is 7.09. The highest BCUT2D eigenvalue weighted by atomic mass is 19.2. The van der Waals surface area contributed by atoms with Crippen LogP contribution in [-0.2, 0) is 6.54 Å². The molecule has 2 aromatic rings. The quantitative estimate of drug-likeness (QED) is 0.549. The summed E-state index contributed by atoms with van der Waals surface area (Å²) < 4.78 is 32.0. The van der Waals surface area contributed by atoms with Gasteiger partial charge in [0.15, 0.2) is 17.6 Å². The van der Waals surface area contributed by atoms with Gasteiger partial charge in [-0.05, 0) is 37.5 Å². The number of hydrogen-bond acceptors (Lipinski definition) is 3. The fourth-order valence-electron chi connectivity index (χ4n) is 3.50. The largest absolute Gasteiger partial charge is 0.496 e. The summed E-state index contributed by atoms with van der Waals surface area (Å²) >= 11 is 0. The molecule has 0 radical (unpaired) electrons. The molecular formula is C22H28F2N4O. The second-order valence-electron chi connectivity index (χ2n) is 7.09. The van der Waals surface area contributed by atoms with Crippen molar-refractivity contribution in [3.8, 4) is 5.75 Å². The minimum Gasteiger partial charge on any atom is -0.496 e. The molecule has 0 amide bonds. The van der Waals surface area contributed by atoms with E-state index < -0.39 is 11.6 Å². The normalized spacial score (nSPS) is 16.8. The molecule has 7 heteroatoms. The fourth-order valence-corrected chi connectivity index (χ4v) is 3.50. The molecule has 1 heterocycles. The molecule has 0 aromatic heterocycles. The highest BCUT2D eigenvalue weighted by Crippen LogP contribution is 2.25. The van der Waals surface area contributed by atoms with Crippen LogP contribution in [0, 0.1) is 17.6 Å². The fraction of sp³-hybridized carbons (Fsp3) is 0.409. The molecule has 29 heavy (non-hydrogen) atoms. The van der Waals surface area contributed by atoms with E-state index in [4.69, 9.17) is 4.74 Å². The van der Waals surface area contributed by atoms with E-state index in [0.717, 1.165) is 55.6 Å². The van der Waals surface area contributed by atoms with E-state index in [-0.39, 0.29) is 0 Å². The maximum atomic E-state index is 13.5. The predicted octanol–water partition coefficient (Wildman–Crippen LogP) is 3.56. The van der Waals surface area contributed by atoms with Gasteiger partial charge in [0, 0.05) is 43.5 Å². The molecule has 0 saturated carbocycles. The Kier molecular flexibility index (Phi) is 7.27. The van der Waals surface area contributed by atoms with Crippen molar-refractivity contribution < 1.29 is 13.5 Å². The zero-order valence-electron chi connectivity index (χ0n) is 16.9. The molecule has 0 bridgehead atoms. The van der Waals surface area contributed by atoms with Crippen LogP contribution in [0.3, 0.4) is 0 Å². The van der Waals surface area contributed by atoms with Crippen LogP contribution >= 0.6 is 0 Å². The number of para-hydroxylation sites is 1. The number of rotatable bonds is 7. The van der Waals surface area contributed by atoms with Gasteiger partial charge in [-0.15, -0.1) is 0 Å². The van der Waals surface area contributed by atoms with Gasteiger partial charge in [-0.1, -0.05) is 18.2 Å². The van der Waals surface area contributed by atoms with Gasteiger partial charge in [0.2, 0.25) is 0 Å². The highest BCUT2D eigenvalue weighted by molar-refractivity contribution is 5.79. The standard InChI is InChI=1S/C22H28F2N4O/c1-3-25-22(27-14-17-6-4-5-7-21(17)29-2)26-13-16-10-11-28(15-16)18-8-9-19(23)20(24)12-18/h4-9,12,16H,3,10-11,13-15H2,1-2H3,(H2,25,26,27). The van der Waals surface area contributed by atoms with E-state index >= 15 is 0 Å². The van der Waals surface area contributed by atoms with Gasteiger partial charge in [0.25, 0.3) is 0 Å². The first-order chi connectivity index (χ1) is 14.1. The van der Waals surface area contributed by atoms with Crippen molar-refractivity contribution in [2.45, 2.75) is 19.9 Å². The number of ether oxygens (including phenoxy) is 1. The minimum absolute atomic E-state index is 0.401. The lowest BCUT2D eigenvalue weighted by Gasteiger charge is -2.19. The maximum Gasteiger partial charge on any atom is 0.191 e. The number of halogens is 2. The number of nitrogens with one attached hydrogen (secondary N) is 2. The van der Waals surface area contributed by atoms with Crippen molar-refractivity contribution in [3.63, 3.8) is 0 Å². The van der Waals surface area contributed by atoms with Gasteiger partial charge in [0.1, 0.15) is 5.75 Å². The lowest BCUT2D eigenvalue weighted by Crippen LogP contribution is -2.40. The van der Waals surface area contributed by atoms with Gasteiger partial charge in [-0.2, -0.15) is 0 Å². The molecular weight excluding hydrogens is 374 g/mol. The third-order valence-corrected chi connectivity index (χ3v) is 5.06. The Bertz CT molecular complexity index is 843. The van der Waals surface area contributed by atoms with Gasteiger partial charge in [-0.25, -0.2) is 13.8 Å². The van der Waals surface area contributed by atoms with Crippen molar-refractivity contribution in [2.75, 3.05) is 38.2 Å². The topological polar surface area (TPSA) is 48.9 Å². The molecule has 3 rings (SSSR count). The lowest BCUT2D eigenvalue weighted by atomic mass is 10.1. The number of nitrogens with zero attached hydrogens (tertiary/aromatic N) is 2. The molecule has 1 unspecified atom stereocenters. The minimum atomic E-state index is -0.812. The second kappa shape index (κ2) is 10.1. The average Bonchev–Trinajstić information content (AvgIpc) is 3.21. The van der Waals surface area contributed by atoms with Crippen LogP contribution < -0.4 is 20.3 Å². The molecule has 0 aliphatic carbocycles. The summed E-state index contributed by atoms with van der Waals surface area (Å²) in [5.74, 6) is 0.364. The van der Waals surface area contributed by atoms with Crippen LogP contribution in [0.4, 0.5) is 14.5 Å². The Hall–Kier alpha value is -2.83. The maximum absolute atomic E-state index is 13.5. The number of benzene rings is 2. The summed E-state index contributed by atoms with van der Waals surface area (Å²) in [6.45, 7) is 5.70. The summed E-state index contributed by atoms with van der Waals surface area (Å²) in [6, 6.07) is 11.9. The molecule has 156 valence electrons. The number of methoxy groups -OCH3 is 1. The van der Waals surface area contributed by atoms with E-state index in [1.54, 1.807) is 13.2 Å². The third kappa shape index (κ3) is 5.59. The summed E-state index contributed by atoms with van der Waals surface area (Å²) in [5, 5.41) is 6.66. The molecule has 1 atom stereocenters. The van der Waals surface area contributed by atoms with Crippen LogP contribution in [0.5, 0.6) is 5.75 Å². The number of hydrogen-bond donors (Lipinski definition) is 2. The smallest absolute Gasteiger partial charge is 0.191 e. The monoisotopic (exact) mass is 402 g/mol. The van der Waals surface area contributed by atoms with Gasteiger partial charge in [-0.3, -0.25) is 0 Å². The number of aliphatic imine (C=N–C) groups is 1. The Morgan fingerprint density at radius 1 is 1.17 bits per heavy atom. The Morgan fingerprint density at radius 3 is 2.76 bits per heavy atom. The first-order valence-corrected chi connectivity index (χ1v) is 9.94. The molecule has 1 saturated heterocycles. The first-order valence-electron chi connectivity index (χ1n) is 9.94. The Balaban J connectivity index is 1.55. The molecule has 2 N–H and O–H groups in total. The van der Waals surface area contributed by atoms with E-state index in [9.17, 15) is 8.78 Å². The number of anilines is 1. The third-order valence-electron chi connectivity index (χ3n) is 5.06. The number of guanidine groups is 1. The highest BCUT2D eigenvalue weighted by Gasteiger charge is 2.23. The molecule has 0 spiro atoms. The van der Waals surface area contributed by atoms with E-state index in [1.807, 2.05) is 31.2 Å². The lowest BCUT2D eigenvalue weighted by molar-refractivity contribution is 0.410.